The zero-order chi connectivity index (χ0) is 9.03. The van der Waals surface area contributed by atoms with Crippen molar-refractivity contribution in [2.75, 3.05) is 5.75 Å². The van der Waals surface area contributed by atoms with E-state index in [0.717, 1.165) is 5.56 Å². The molecule has 1 aromatic carbocycles. The Balaban J connectivity index is 2.71. The monoisotopic (exact) mass is 185 g/mol. The second kappa shape index (κ2) is 3.83. The van der Waals surface area contributed by atoms with Crippen LogP contribution in [0.2, 0.25) is 0 Å². The highest BCUT2D eigenvalue weighted by molar-refractivity contribution is 7.96. The van der Waals surface area contributed by atoms with Gasteiger partial charge in [0.1, 0.15) is 5.75 Å². The topological polar surface area (TPSA) is 37.3 Å². The molecular formula is C9H13O2S+. The molecule has 0 aliphatic carbocycles. The summed E-state index contributed by atoms with van der Waals surface area (Å²) in [7, 11) is -2.62. The van der Waals surface area contributed by atoms with Crippen molar-refractivity contribution in [1.29, 1.82) is 0 Å². The minimum absolute atomic E-state index is 0.268. The van der Waals surface area contributed by atoms with Gasteiger partial charge in [0.05, 0.1) is 0 Å². The lowest BCUT2D eigenvalue weighted by atomic mass is 10.2. The first kappa shape index (κ1) is 9.42. The molecule has 0 aliphatic heterocycles. The van der Waals surface area contributed by atoms with Crippen molar-refractivity contribution in [3.63, 3.8) is 0 Å². The van der Waals surface area contributed by atoms with Gasteiger partial charge in [-0.25, -0.2) is 0 Å². The van der Waals surface area contributed by atoms with Crippen LogP contribution in [0, 0.1) is 0 Å². The summed E-state index contributed by atoms with van der Waals surface area (Å²) in [5, 5.41) is 0. The van der Waals surface area contributed by atoms with Crippen molar-refractivity contribution in [2.45, 2.75) is 12.7 Å². The standard InChI is InChI=1S/C9H12O2S/c1-2-12(10,11)8-9-6-4-3-5-7-9/h3-7H,2,8H2,1H3/p+1. The summed E-state index contributed by atoms with van der Waals surface area (Å²) >= 11 is 0. The lowest BCUT2D eigenvalue weighted by molar-refractivity contribution is 0.497. The van der Waals surface area contributed by atoms with E-state index in [9.17, 15) is 8.76 Å². The number of hydrogen-bond donors (Lipinski definition) is 1. The summed E-state index contributed by atoms with van der Waals surface area (Å²) in [6, 6.07) is 9.38. The molecule has 66 valence electrons. The molecule has 0 amide bonds. The minimum atomic E-state index is -2.62. The summed E-state index contributed by atoms with van der Waals surface area (Å²) in [5.74, 6) is 0.590. The van der Waals surface area contributed by atoms with Crippen molar-refractivity contribution in [3.8, 4) is 0 Å². The minimum Gasteiger partial charge on any atom is -0.187 e. The van der Waals surface area contributed by atoms with Gasteiger partial charge in [0.2, 0.25) is 10.2 Å². The van der Waals surface area contributed by atoms with Gasteiger partial charge in [-0.3, -0.25) is 0 Å². The Morgan fingerprint density at radius 2 is 1.92 bits per heavy atom. The first-order valence-electron chi connectivity index (χ1n) is 3.90. The largest absolute Gasteiger partial charge is 0.218 e. The van der Waals surface area contributed by atoms with Crippen LogP contribution in [-0.2, 0) is 20.2 Å². The number of hydrogen-bond acceptors (Lipinski definition) is 1. The molecule has 0 aromatic heterocycles. The van der Waals surface area contributed by atoms with E-state index in [1.165, 1.54) is 0 Å². The van der Waals surface area contributed by atoms with Gasteiger partial charge in [0, 0.05) is 5.56 Å². The summed E-state index contributed by atoms with van der Waals surface area (Å²) in [6.45, 7) is 1.73. The van der Waals surface area contributed by atoms with Crippen molar-refractivity contribution < 1.29 is 8.76 Å². The quantitative estimate of drug-likeness (QED) is 0.733. The van der Waals surface area contributed by atoms with Crippen molar-refractivity contribution in [1.82, 2.24) is 0 Å². The van der Waals surface area contributed by atoms with Gasteiger partial charge >= 0.3 is 0 Å². The van der Waals surface area contributed by atoms with Gasteiger partial charge in [0.15, 0.2) is 5.75 Å². The van der Waals surface area contributed by atoms with Crippen molar-refractivity contribution in [3.05, 3.63) is 35.9 Å². The van der Waals surface area contributed by atoms with Gasteiger partial charge in [-0.1, -0.05) is 34.5 Å². The Labute approximate surface area is 73.9 Å². The second-order valence-electron chi connectivity index (χ2n) is 2.69. The summed E-state index contributed by atoms with van der Waals surface area (Å²) in [6.07, 6.45) is 0. The lowest BCUT2D eigenvalue weighted by Gasteiger charge is -2.00. The molecule has 0 saturated heterocycles. The Hall–Kier alpha value is -0.670. The normalized spacial score (nSPS) is 15.5. The van der Waals surface area contributed by atoms with Crippen LogP contribution in [0.15, 0.2) is 30.3 Å². The first-order chi connectivity index (χ1) is 5.64. The molecule has 0 spiro atoms. The number of benzene rings is 1. The van der Waals surface area contributed by atoms with E-state index in [4.69, 9.17) is 0 Å². The van der Waals surface area contributed by atoms with E-state index in [1.807, 2.05) is 30.3 Å². The maximum atomic E-state index is 11.3. The summed E-state index contributed by atoms with van der Waals surface area (Å²) < 4.78 is 20.6. The van der Waals surface area contributed by atoms with Crippen LogP contribution >= 0.6 is 0 Å². The van der Waals surface area contributed by atoms with E-state index in [-0.39, 0.29) is 5.75 Å². The fraction of sp³-hybridized carbons (Fsp3) is 0.333. The molecule has 2 nitrogen and oxygen atoms in total. The molecule has 0 bridgehead atoms. The smallest absolute Gasteiger partial charge is 0.187 e. The molecule has 0 saturated carbocycles. The van der Waals surface area contributed by atoms with Crippen LogP contribution in [0.1, 0.15) is 12.5 Å². The van der Waals surface area contributed by atoms with Crippen LogP contribution in [0.4, 0.5) is 0 Å². The zero-order valence-corrected chi connectivity index (χ0v) is 7.88. The first-order valence-corrected chi connectivity index (χ1v) is 5.75. The van der Waals surface area contributed by atoms with E-state index >= 15 is 0 Å². The van der Waals surface area contributed by atoms with Gasteiger partial charge in [-0.05, 0) is 6.92 Å². The highest BCUT2D eigenvalue weighted by atomic mass is 32.3. The molecule has 1 rings (SSSR count). The van der Waals surface area contributed by atoms with Crippen LogP contribution < -0.4 is 0 Å². The third-order valence-corrected chi connectivity index (χ3v) is 3.37. The number of rotatable bonds is 3. The maximum Gasteiger partial charge on any atom is 0.218 e. The molecule has 3 heteroatoms. The Bertz CT molecular complexity index is 282. The second-order valence-corrected chi connectivity index (χ2v) is 5.10. The van der Waals surface area contributed by atoms with Crippen molar-refractivity contribution in [2.24, 2.45) is 0 Å². The molecular weight excluding hydrogens is 172 g/mol. The molecule has 0 radical (unpaired) electrons. The molecule has 0 aliphatic rings. The van der Waals surface area contributed by atoms with Gasteiger partial charge < -0.3 is 0 Å². The fourth-order valence-corrected chi connectivity index (χ4v) is 1.85. The molecule has 0 fully saturated rings. The molecule has 1 N–H and O–H groups in total. The molecule has 12 heavy (non-hydrogen) atoms. The Morgan fingerprint density at radius 3 is 2.42 bits per heavy atom. The van der Waals surface area contributed by atoms with Crippen LogP contribution in [0.5, 0.6) is 0 Å². The van der Waals surface area contributed by atoms with E-state index in [1.54, 1.807) is 6.92 Å². The predicted octanol–water partition coefficient (Wildman–Crippen LogP) is 2.18. The predicted molar refractivity (Wildman–Crippen MR) is 51.4 cm³/mol. The van der Waals surface area contributed by atoms with Crippen LogP contribution in [-0.4, -0.2) is 10.3 Å². The molecule has 1 unspecified atom stereocenters. The van der Waals surface area contributed by atoms with Gasteiger partial charge in [-0.2, -0.15) is 4.55 Å². The average molecular weight is 185 g/mol. The van der Waals surface area contributed by atoms with Crippen LogP contribution in [0.3, 0.4) is 0 Å². The highest BCUT2D eigenvalue weighted by Crippen LogP contribution is 2.10. The average Bonchev–Trinajstić information content (AvgIpc) is 2.06. The summed E-state index contributed by atoms with van der Waals surface area (Å²) in [5.41, 5.74) is 0.923. The van der Waals surface area contributed by atoms with E-state index < -0.39 is 10.2 Å². The fourth-order valence-electron chi connectivity index (χ4n) is 0.937. The molecule has 1 atom stereocenters. The molecule has 1 aromatic rings. The van der Waals surface area contributed by atoms with Gasteiger partial charge in [0.25, 0.3) is 0 Å². The lowest BCUT2D eigenvalue weighted by Crippen LogP contribution is -2.14. The van der Waals surface area contributed by atoms with E-state index in [2.05, 4.69) is 0 Å². The van der Waals surface area contributed by atoms with Crippen LogP contribution in [0.25, 0.3) is 0 Å². The van der Waals surface area contributed by atoms with Crippen molar-refractivity contribution >= 4 is 10.2 Å². The third-order valence-electron chi connectivity index (χ3n) is 1.69. The highest BCUT2D eigenvalue weighted by Gasteiger charge is 2.21. The summed E-state index contributed by atoms with van der Waals surface area (Å²) in [4.78, 5) is 0. The Kier molecular flexibility index (Phi) is 3.00. The molecule has 0 heterocycles. The SMILES string of the molecule is CC[S+](=O)(O)Cc1ccccc1. The Morgan fingerprint density at radius 1 is 1.33 bits per heavy atom. The zero-order valence-electron chi connectivity index (χ0n) is 7.06. The van der Waals surface area contributed by atoms with Gasteiger partial charge in [-0.15, -0.1) is 0 Å². The third kappa shape index (κ3) is 2.75. The maximum absolute atomic E-state index is 11.3. The van der Waals surface area contributed by atoms with E-state index in [0.29, 0.717) is 5.75 Å².